The topological polar surface area (TPSA) is 98.7 Å². The molecule has 2 heterocycles. The molecule has 0 aliphatic carbocycles. The van der Waals surface area contributed by atoms with Crippen LogP contribution < -0.4 is 4.74 Å². The smallest absolute Gasteiger partial charge is 0.248 e. The maximum Gasteiger partial charge on any atom is 0.248 e. The van der Waals surface area contributed by atoms with Crippen LogP contribution in [0.5, 0.6) is 5.75 Å². The van der Waals surface area contributed by atoms with Crippen LogP contribution in [0.25, 0.3) is 11.5 Å². The molecule has 0 amide bonds. The maximum absolute atomic E-state index is 12.7. The van der Waals surface area contributed by atoms with Crippen LogP contribution in [-0.4, -0.2) is 37.0 Å². The monoisotopic (exact) mass is 377 g/mol. The highest BCUT2D eigenvalue weighted by Gasteiger charge is 2.29. The first-order valence-corrected chi connectivity index (χ1v) is 9.25. The molecule has 0 saturated carbocycles. The minimum absolute atomic E-state index is 0.0616. The van der Waals surface area contributed by atoms with Crippen molar-refractivity contribution < 1.29 is 22.1 Å². The van der Waals surface area contributed by atoms with Crippen LogP contribution in [0.3, 0.4) is 0 Å². The summed E-state index contributed by atoms with van der Waals surface area (Å²) in [6.45, 7) is 3.22. The Labute approximate surface area is 151 Å². The van der Waals surface area contributed by atoms with Crippen molar-refractivity contribution >= 4 is 10.0 Å². The summed E-state index contributed by atoms with van der Waals surface area (Å²) >= 11 is 0. The van der Waals surface area contributed by atoms with Gasteiger partial charge in [0.2, 0.25) is 15.9 Å². The van der Waals surface area contributed by atoms with Gasteiger partial charge in [-0.15, -0.1) is 0 Å². The van der Waals surface area contributed by atoms with Gasteiger partial charge in [0.1, 0.15) is 22.6 Å². The van der Waals surface area contributed by atoms with E-state index in [0.29, 0.717) is 17.3 Å². The fourth-order valence-electron chi connectivity index (χ4n) is 2.56. The maximum atomic E-state index is 12.7. The predicted molar refractivity (Wildman–Crippen MR) is 93.1 cm³/mol. The third kappa shape index (κ3) is 3.35. The number of methoxy groups -OCH3 is 1. The van der Waals surface area contributed by atoms with Crippen molar-refractivity contribution in [2.24, 2.45) is 0 Å². The molecule has 9 heteroatoms. The highest BCUT2D eigenvalue weighted by Crippen LogP contribution is 2.25. The number of nitrogens with zero attached hydrogens (tertiary/aromatic N) is 3. The van der Waals surface area contributed by atoms with Crippen molar-refractivity contribution in [2.75, 3.05) is 14.2 Å². The molecule has 8 nitrogen and oxygen atoms in total. The molecular formula is C17H19N3O5S. The second-order valence-corrected chi connectivity index (χ2v) is 7.77. The molecule has 0 spiro atoms. The molecule has 0 aliphatic rings. The lowest BCUT2D eigenvalue weighted by molar-refractivity contribution is 0.389. The molecule has 1 aromatic carbocycles. The summed E-state index contributed by atoms with van der Waals surface area (Å²) in [5.41, 5.74) is 1.59. The lowest BCUT2D eigenvalue weighted by Crippen LogP contribution is -2.27. The molecule has 26 heavy (non-hydrogen) atoms. The first kappa shape index (κ1) is 18.2. The predicted octanol–water partition coefficient (Wildman–Crippen LogP) is 2.78. The van der Waals surface area contributed by atoms with Crippen LogP contribution in [0.15, 0.2) is 44.4 Å². The van der Waals surface area contributed by atoms with E-state index in [2.05, 4.69) is 10.1 Å². The quantitative estimate of drug-likeness (QED) is 0.651. The van der Waals surface area contributed by atoms with Gasteiger partial charge in [-0.05, 0) is 38.1 Å². The number of benzene rings is 1. The summed E-state index contributed by atoms with van der Waals surface area (Å²) in [6.07, 6.45) is 1.44. The second kappa shape index (κ2) is 6.93. The SMILES string of the molecule is COc1ccc(-c2nc(CN(C)S(=O)(=O)c3c(C)noc3C)co2)cc1. The van der Waals surface area contributed by atoms with Gasteiger partial charge in [-0.2, -0.15) is 4.31 Å². The van der Waals surface area contributed by atoms with Gasteiger partial charge in [-0.25, -0.2) is 13.4 Å². The Bertz CT molecular complexity index is 986. The lowest BCUT2D eigenvalue weighted by atomic mass is 10.2. The van der Waals surface area contributed by atoms with E-state index in [9.17, 15) is 8.42 Å². The molecule has 0 fully saturated rings. The van der Waals surface area contributed by atoms with Gasteiger partial charge in [0.25, 0.3) is 0 Å². The number of hydrogen-bond donors (Lipinski definition) is 0. The van der Waals surface area contributed by atoms with Crippen molar-refractivity contribution in [3.8, 4) is 17.2 Å². The Hall–Kier alpha value is -2.65. The summed E-state index contributed by atoms with van der Waals surface area (Å²) in [5.74, 6) is 1.39. The Morgan fingerprint density at radius 3 is 2.46 bits per heavy atom. The standard InChI is InChI=1S/C17H19N3O5S/c1-11-16(12(2)25-19-11)26(21,22)20(3)9-14-10-24-17(18-14)13-5-7-15(23-4)8-6-13/h5-8,10H,9H2,1-4H3. The van der Waals surface area contributed by atoms with Crippen molar-refractivity contribution in [3.05, 3.63) is 47.7 Å². The summed E-state index contributed by atoms with van der Waals surface area (Å²) in [7, 11) is -0.675. The summed E-state index contributed by atoms with van der Waals surface area (Å²) in [4.78, 5) is 4.45. The molecule has 3 aromatic rings. The average molecular weight is 377 g/mol. The van der Waals surface area contributed by atoms with Crippen LogP contribution in [0, 0.1) is 13.8 Å². The van der Waals surface area contributed by atoms with E-state index in [0.717, 1.165) is 11.3 Å². The summed E-state index contributed by atoms with van der Waals surface area (Å²) in [6, 6.07) is 7.23. The molecule has 138 valence electrons. The van der Waals surface area contributed by atoms with Crippen LogP contribution >= 0.6 is 0 Å². The van der Waals surface area contributed by atoms with E-state index in [1.165, 1.54) is 17.6 Å². The number of aromatic nitrogens is 2. The van der Waals surface area contributed by atoms with Crippen molar-refractivity contribution in [1.29, 1.82) is 0 Å². The molecule has 0 saturated heterocycles. The fraction of sp³-hybridized carbons (Fsp3) is 0.294. The van der Waals surface area contributed by atoms with Crippen molar-refractivity contribution in [3.63, 3.8) is 0 Å². The molecule has 0 radical (unpaired) electrons. The van der Waals surface area contributed by atoms with E-state index < -0.39 is 10.0 Å². The zero-order chi connectivity index (χ0) is 18.9. The van der Waals surface area contributed by atoms with Gasteiger partial charge < -0.3 is 13.7 Å². The van der Waals surface area contributed by atoms with Gasteiger partial charge >= 0.3 is 0 Å². The van der Waals surface area contributed by atoms with Gasteiger partial charge in [-0.1, -0.05) is 5.16 Å². The van der Waals surface area contributed by atoms with E-state index in [1.54, 1.807) is 33.1 Å². The molecule has 0 bridgehead atoms. The number of sulfonamides is 1. The number of aryl methyl sites for hydroxylation is 2. The normalized spacial score (nSPS) is 11.9. The minimum Gasteiger partial charge on any atom is -0.497 e. The second-order valence-electron chi connectivity index (χ2n) is 5.79. The summed E-state index contributed by atoms with van der Waals surface area (Å²) < 4.78 is 42.2. The molecule has 0 unspecified atom stereocenters. The molecular weight excluding hydrogens is 358 g/mol. The van der Waals surface area contributed by atoms with Crippen LogP contribution in [0.2, 0.25) is 0 Å². The van der Waals surface area contributed by atoms with E-state index in [-0.39, 0.29) is 17.2 Å². The Morgan fingerprint density at radius 1 is 1.19 bits per heavy atom. The minimum atomic E-state index is -3.74. The zero-order valence-corrected chi connectivity index (χ0v) is 15.7. The van der Waals surface area contributed by atoms with Gasteiger partial charge in [0.05, 0.1) is 19.3 Å². The first-order valence-electron chi connectivity index (χ1n) is 7.81. The zero-order valence-electron chi connectivity index (χ0n) is 14.9. The van der Waals surface area contributed by atoms with Crippen LogP contribution in [0.1, 0.15) is 17.1 Å². The average Bonchev–Trinajstić information content (AvgIpc) is 3.21. The molecule has 3 rings (SSSR count). The van der Waals surface area contributed by atoms with E-state index >= 15 is 0 Å². The van der Waals surface area contributed by atoms with E-state index in [4.69, 9.17) is 13.7 Å². The van der Waals surface area contributed by atoms with Crippen molar-refractivity contribution in [2.45, 2.75) is 25.3 Å². The summed E-state index contributed by atoms with van der Waals surface area (Å²) in [5, 5.41) is 3.70. The lowest BCUT2D eigenvalue weighted by Gasteiger charge is -2.15. The van der Waals surface area contributed by atoms with Gasteiger partial charge in [-0.3, -0.25) is 0 Å². The largest absolute Gasteiger partial charge is 0.497 e. The Morgan fingerprint density at radius 2 is 1.88 bits per heavy atom. The van der Waals surface area contributed by atoms with Crippen molar-refractivity contribution in [1.82, 2.24) is 14.4 Å². The highest BCUT2D eigenvalue weighted by atomic mass is 32.2. The van der Waals surface area contributed by atoms with Gasteiger partial charge in [0, 0.05) is 12.6 Å². The molecule has 0 aliphatic heterocycles. The van der Waals surface area contributed by atoms with Crippen LogP contribution in [0.4, 0.5) is 0 Å². The molecule has 0 N–H and O–H groups in total. The highest BCUT2D eigenvalue weighted by molar-refractivity contribution is 7.89. The number of hydrogen-bond acceptors (Lipinski definition) is 7. The third-order valence-corrected chi connectivity index (χ3v) is 5.96. The molecule has 0 atom stereocenters. The number of oxazole rings is 1. The Balaban J connectivity index is 1.80. The van der Waals surface area contributed by atoms with Crippen LogP contribution in [-0.2, 0) is 16.6 Å². The van der Waals surface area contributed by atoms with Gasteiger partial charge in [0.15, 0.2) is 5.76 Å². The molecule has 2 aromatic heterocycles. The first-order chi connectivity index (χ1) is 12.3. The third-order valence-electron chi connectivity index (χ3n) is 3.91. The van der Waals surface area contributed by atoms with E-state index in [1.807, 2.05) is 12.1 Å². The number of ether oxygens (including phenoxy) is 1. The number of rotatable bonds is 6. The Kier molecular flexibility index (Phi) is 4.84. The fourth-order valence-corrected chi connectivity index (χ4v) is 3.98.